The molecular weight excluding hydrogens is 358 g/mol. The Bertz CT molecular complexity index is 1040. The van der Waals surface area contributed by atoms with Gasteiger partial charge in [0.25, 0.3) is 5.56 Å². The fourth-order valence-corrected chi connectivity index (χ4v) is 2.89. The number of aliphatic hydroxyl groups is 1. The maximum atomic E-state index is 12.3. The second-order valence-corrected chi connectivity index (χ2v) is 6.69. The second-order valence-electron chi connectivity index (χ2n) is 6.69. The lowest BCUT2D eigenvalue weighted by molar-refractivity contribution is 0.100. The highest BCUT2D eigenvalue weighted by Crippen LogP contribution is 2.19. The maximum absolute atomic E-state index is 12.3. The van der Waals surface area contributed by atoms with E-state index in [2.05, 4.69) is 4.98 Å². The van der Waals surface area contributed by atoms with E-state index in [-0.39, 0.29) is 17.9 Å². The lowest BCUT2D eigenvalue weighted by Gasteiger charge is -2.13. The highest BCUT2D eigenvalue weighted by atomic mass is 16.5. The predicted octanol–water partition coefficient (Wildman–Crippen LogP) is 1.52. The van der Waals surface area contributed by atoms with Gasteiger partial charge in [-0.3, -0.25) is 14.3 Å². The van der Waals surface area contributed by atoms with Crippen molar-refractivity contribution in [3.63, 3.8) is 0 Å². The van der Waals surface area contributed by atoms with Gasteiger partial charge in [0, 0.05) is 32.7 Å². The van der Waals surface area contributed by atoms with Crippen molar-refractivity contribution in [1.29, 1.82) is 0 Å². The Labute approximate surface area is 162 Å². The topological polar surface area (TPSA) is 86.3 Å². The van der Waals surface area contributed by atoms with Crippen LogP contribution in [0.5, 0.6) is 5.75 Å². The monoisotopic (exact) mass is 381 g/mol. The number of aryl methyl sites for hydroxylation is 2. The summed E-state index contributed by atoms with van der Waals surface area (Å²) in [5, 5.41) is 10.1. The fraction of sp³-hybridized carbons (Fsp3) is 0.286. The smallest absolute Gasteiger partial charge is 0.330 e. The molecule has 3 rings (SSSR count). The number of ether oxygens (including phenoxy) is 1. The van der Waals surface area contributed by atoms with E-state index >= 15 is 0 Å². The molecule has 7 nitrogen and oxygen atoms in total. The van der Waals surface area contributed by atoms with Gasteiger partial charge in [-0.15, -0.1) is 0 Å². The van der Waals surface area contributed by atoms with E-state index in [1.54, 1.807) is 43.7 Å². The van der Waals surface area contributed by atoms with Gasteiger partial charge in [-0.25, -0.2) is 4.79 Å². The summed E-state index contributed by atoms with van der Waals surface area (Å²) < 4.78 is 8.10. The Hall–Kier alpha value is -3.19. The molecule has 1 aromatic carbocycles. The molecule has 28 heavy (non-hydrogen) atoms. The molecule has 7 heteroatoms. The first kappa shape index (κ1) is 19.6. The molecule has 0 saturated heterocycles. The second kappa shape index (κ2) is 8.67. The molecule has 1 atom stereocenters. The van der Waals surface area contributed by atoms with Crippen molar-refractivity contribution >= 4 is 0 Å². The predicted molar refractivity (Wildman–Crippen MR) is 106 cm³/mol. The van der Waals surface area contributed by atoms with Crippen LogP contribution < -0.4 is 16.0 Å². The van der Waals surface area contributed by atoms with Crippen LogP contribution in [0, 0.1) is 0 Å². The van der Waals surface area contributed by atoms with E-state index in [1.165, 1.54) is 17.8 Å². The molecule has 3 aromatic rings. The minimum absolute atomic E-state index is 0.182. The number of pyridine rings is 1. The van der Waals surface area contributed by atoms with Gasteiger partial charge in [-0.1, -0.05) is 18.2 Å². The zero-order valence-electron chi connectivity index (χ0n) is 15.9. The SMILES string of the molecule is Cn1cc(-c2ccc(OC[C@H](O)CCc3cccnc3)cc2)c(=O)n(C)c1=O. The van der Waals surface area contributed by atoms with Crippen molar-refractivity contribution in [3.8, 4) is 16.9 Å². The number of nitrogens with zero attached hydrogens (tertiary/aromatic N) is 3. The van der Waals surface area contributed by atoms with Crippen LogP contribution in [-0.2, 0) is 20.5 Å². The van der Waals surface area contributed by atoms with Crippen molar-refractivity contribution in [1.82, 2.24) is 14.1 Å². The quantitative estimate of drug-likeness (QED) is 0.671. The Kier molecular flexibility index (Phi) is 6.06. The molecule has 0 aliphatic carbocycles. The van der Waals surface area contributed by atoms with Gasteiger partial charge in [0.05, 0.1) is 11.7 Å². The van der Waals surface area contributed by atoms with E-state index in [1.807, 2.05) is 12.1 Å². The van der Waals surface area contributed by atoms with Gasteiger partial charge in [0.15, 0.2) is 0 Å². The Morgan fingerprint density at radius 2 is 1.89 bits per heavy atom. The summed E-state index contributed by atoms with van der Waals surface area (Å²) in [5.41, 5.74) is 1.50. The number of rotatable bonds is 7. The van der Waals surface area contributed by atoms with Gasteiger partial charge in [0.2, 0.25) is 0 Å². The Balaban J connectivity index is 1.61. The number of aromatic nitrogens is 3. The van der Waals surface area contributed by atoms with Crippen LogP contribution in [0.3, 0.4) is 0 Å². The van der Waals surface area contributed by atoms with Gasteiger partial charge in [-0.2, -0.15) is 0 Å². The maximum Gasteiger partial charge on any atom is 0.330 e. The highest BCUT2D eigenvalue weighted by molar-refractivity contribution is 5.62. The summed E-state index contributed by atoms with van der Waals surface area (Å²) in [6.07, 6.45) is 5.76. The molecule has 0 amide bonds. The number of hydrogen-bond acceptors (Lipinski definition) is 5. The van der Waals surface area contributed by atoms with Crippen molar-refractivity contribution in [2.24, 2.45) is 14.1 Å². The molecule has 146 valence electrons. The molecule has 2 aromatic heterocycles. The standard InChI is InChI=1S/C21H23N3O4/c1-23-13-19(20(26)24(2)21(23)27)16-6-9-18(10-7-16)28-14-17(25)8-5-15-4-3-11-22-12-15/h3-4,6-7,9-13,17,25H,5,8,14H2,1-2H3/t17-/m1/s1. The normalized spacial score (nSPS) is 12.0. The molecule has 0 unspecified atom stereocenters. The molecule has 0 radical (unpaired) electrons. The van der Waals surface area contributed by atoms with E-state index in [9.17, 15) is 14.7 Å². The Morgan fingerprint density at radius 1 is 1.14 bits per heavy atom. The molecule has 0 fully saturated rings. The van der Waals surface area contributed by atoms with E-state index < -0.39 is 6.10 Å². The lowest BCUT2D eigenvalue weighted by Crippen LogP contribution is -2.37. The zero-order chi connectivity index (χ0) is 20.1. The molecular formula is C21H23N3O4. The number of aliphatic hydroxyl groups excluding tert-OH is 1. The van der Waals surface area contributed by atoms with Crippen LogP contribution in [0.15, 0.2) is 64.6 Å². The molecule has 0 saturated carbocycles. The average molecular weight is 381 g/mol. The van der Waals surface area contributed by atoms with Crippen molar-refractivity contribution < 1.29 is 9.84 Å². The number of benzene rings is 1. The van der Waals surface area contributed by atoms with Crippen molar-refractivity contribution in [2.75, 3.05) is 6.61 Å². The van der Waals surface area contributed by atoms with Crippen LogP contribution >= 0.6 is 0 Å². The first-order chi connectivity index (χ1) is 13.5. The van der Waals surface area contributed by atoms with Crippen LogP contribution in [0.1, 0.15) is 12.0 Å². The summed E-state index contributed by atoms with van der Waals surface area (Å²) in [6, 6.07) is 10.9. The van der Waals surface area contributed by atoms with Crippen LogP contribution in [-0.4, -0.2) is 31.9 Å². The summed E-state index contributed by atoms with van der Waals surface area (Å²) in [7, 11) is 3.06. The van der Waals surface area contributed by atoms with Gasteiger partial charge in [-0.05, 0) is 42.2 Å². The fourth-order valence-electron chi connectivity index (χ4n) is 2.89. The zero-order valence-corrected chi connectivity index (χ0v) is 15.9. The highest BCUT2D eigenvalue weighted by Gasteiger charge is 2.10. The molecule has 2 heterocycles. The van der Waals surface area contributed by atoms with Crippen LogP contribution in [0.2, 0.25) is 0 Å². The average Bonchev–Trinajstić information content (AvgIpc) is 2.73. The minimum atomic E-state index is -0.587. The molecule has 0 aliphatic rings. The Morgan fingerprint density at radius 3 is 2.57 bits per heavy atom. The largest absolute Gasteiger partial charge is 0.491 e. The summed E-state index contributed by atoms with van der Waals surface area (Å²) in [6.45, 7) is 0.182. The molecule has 1 N–H and O–H groups in total. The third-order valence-electron chi connectivity index (χ3n) is 4.54. The first-order valence-corrected chi connectivity index (χ1v) is 9.02. The summed E-state index contributed by atoms with van der Waals surface area (Å²) in [5.74, 6) is 0.603. The van der Waals surface area contributed by atoms with Crippen molar-refractivity contribution in [2.45, 2.75) is 18.9 Å². The number of hydrogen-bond donors (Lipinski definition) is 1. The molecule has 0 spiro atoms. The van der Waals surface area contributed by atoms with Crippen LogP contribution in [0.4, 0.5) is 0 Å². The van der Waals surface area contributed by atoms with Gasteiger partial charge in [0.1, 0.15) is 12.4 Å². The van der Waals surface area contributed by atoms with Crippen LogP contribution in [0.25, 0.3) is 11.1 Å². The summed E-state index contributed by atoms with van der Waals surface area (Å²) in [4.78, 5) is 28.2. The first-order valence-electron chi connectivity index (χ1n) is 9.02. The summed E-state index contributed by atoms with van der Waals surface area (Å²) >= 11 is 0. The van der Waals surface area contributed by atoms with E-state index in [4.69, 9.17) is 4.74 Å². The lowest BCUT2D eigenvalue weighted by atomic mass is 10.1. The minimum Gasteiger partial charge on any atom is -0.491 e. The van der Waals surface area contributed by atoms with Crippen molar-refractivity contribution in [3.05, 3.63) is 81.4 Å². The van der Waals surface area contributed by atoms with E-state index in [0.717, 1.165) is 16.6 Å². The van der Waals surface area contributed by atoms with Gasteiger partial charge < -0.3 is 14.4 Å². The molecule has 0 aliphatic heterocycles. The van der Waals surface area contributed by atoms with Gasteiger partial charge >= 0.3 is 5.69 Å². The third kappa shape index (κ3) is 4.55. The third-order valence-corrected chi connectivity index (χ3v) is 4.54. The molecule has 0 bridgehead atoms. The van der Waals surface area contributed by atoms with E-state index in [0.29, 0.717) is 23.3 Å².